The molecule has 2 unspecified atom stereocenters. The molecule has 1 aromatic carbocycles. The molecule has 0 spiro atoms. The first-order chi connectivity index (χ1) is 8.75. The molecule has 0 aliphatic carbocycles. The molecule has 1 aromatic heterocycles. The van der Waals surface area contributed by atoms with Crippen LogP contribution < -0.4 is 10.6 Å². The van der Waals surface area contributed by atoms with E-state index in [0.29, 0.717) is 0 Å². The Balaban J connectivity index is 1.90. The van der Waals surface area contributed by atoms with Crippen molar-refractivity contribution in [2.75, 3.05) is 24.6 Å². The van der Waals surface area contributed by atoms with E-state index in [2.05, 4.69) is 27.5 Å². The van der Waals surface area contributed by atoms with Crippen LogP contribution in [0.3, 0.4) is 0 Å². The summed E-state index contributed by atoms with van der Waals surface area (Å²) in [4.78, 5) is 2.34. The quantitative estimate of drug-likeness (QED) is 0.898. The van der Waals surface area contributed by atoms with Crippen LogP contribution in [0.15, 0.2) is 24.3 Å². The Kier molecular flexibility index (Phi) is 3.20. The molecule has 18 heavy (non-hydrogen) atoms. The molecule has 5 heteroatoms. The third-order valence-electron chi connectivity index (χ3n) is 3.33. The van der Waals surface area contributed by atoms with Crippen molar-refractivity contribution in [2.24, 2.45) is 5.73 Å². The van der Waals surface area contributed by atoms with E-state index in [0.717, 1.165) is 25.2 Å². The standard InChI is InChI=1S/C13H17N3OS/c1-9(14)12-8-16(6-7-17-12)13-10-4-2-3-5-11(10)15-18-13/h2-5,9,12H,6-8,14H2,1H3. The summed E-state index contributed by atoms with van der Waals surface area (Å²) < 4.78 is 10.2. The average Bonchev–Trinajstić information content (AvgIpc) is 2.82. The largest absolute Gasteiger partial charge is 0.373 e. The van der Waals surface area contributed by atoms with Gasteiger partial charge in [0, 0.05) is 24.5 Å². The summed E-state index contributed by atoms with van der Waals surface area (Å²) in [6, 6.07) is 8.33. The maximum Gasteiger partial charge on any atom is 0.120 e. The first kappa shape index (κ1) is 11.9. The zero-order valence-electron chi connectivity index (χ0n) is 10.4. The number of benzene rings is 1. The highest BCUT2D eigenvalue weighted by Crippen LogP contribution is 2.32. The minimum atomic E-state index is 0.0620. The van der Waals surface area contributed by atoms with Gasteiger partial charge in [0.15, 0.2) is 0 Å². The molecular formula is C13H17N3OS. The second-order valence-electron chi connectivity index (χ2n) is 4.72. The fourth-order valence-electron chi connectivity index (χ4n) is 2.28. The SMILES string of the molecule is CC(N)C1CN(c2snc3ccccc23)CCO1. The van der Waals surface area contributed by atoms with E-state index in [1.807, 2.05) is 13.0 Å². The van der Waals surface area contributed by atoms with Gasteiger partial charge in [-0.05, 0) is 30.6 Å². The van der Waals surface area contributed by atoms with Crippen molar-refractivity contribution >= 4 is 27.4 Å². The van der Waals surface area contributed by atoms with Gasteiger partial charge < -0.3 is 15.4 Å². The predicted molar refractivity (Wildman–Crippen MR) is 75.2 cm³/mol. The molecule has 4 nitrogen and oxygen atoms in total. The maximum atomic E-state index is 5.93. The molecule has 0 bridgehead atoms. The number of aromatic nitrogens is 1. The fraction of sp³-hybridized carbons (Fsp3) is 0.462. The normalized spacial score (nSPS) is 22.3. The van der Waals surface area contributed by atoms with Gasteiger partial charge in [0.2, 0.25) is 0 Å². The van der Waals surface area contributed by atoms with Crippen LogP contribution in [-0.4, -0.2) is 36.2 Å². The minimum Gasteiger partial charge on any atom is -0.373 e. The van der Waals surface area contributed by atoms with Gasteiger partial charge in [-0.15, -0.1) is 0 Å². The lowest BCUT2D eigenvalue weighted by molar-refractivity contribution is 0.0279. The smallest absolute Gasteiger partial charge is 0.120 e. The molecule has 0 amide bonds. The van der Waals surface area contributed by atoms with E-state index in [4.69, 9.17) is 10.5 Å². The highest BCUT2D eigenvalue weighted by atomic mass is 32.1. The Morgan fingerprint density at radius 1 is 1.50 bits per heavy atom. The van der Waals surface area contributed by atoms with Crippen LogP contribution in [0.25, 0.3) is 10.9 Å². The van der Waals surface area contributed by atoms with E-state index in [-0.39, 0.29) is 12.1 Å². The van der Waals surface area contributed by atoms with E-state index < -0.39 is 0 Å². The van der Waals surface area contributed by atoms with Crippen molar-refractivity contribution in [3.8, 4) is 0 Å². The van der Waals surface area contributed by atoms with Crippen LogP contribution in [0.2, 0.25) is 0 Å². The molecule has 3 rings (SSSR count). The van der Waals surface area contributed by atoms with E-state index >= 15 is 0 Å². The van der Waals surface area contributed by atoms with Crippen molar-refractivity contribution in [1.82, 2.24) is 4.37 Å². The number of morpholine rings is 1. The highest BCUT2D eigenvalue weighted by molar-refractivity contribution is 7.11. The number of hydrogen-bond acceptors (Lipinski definition) is 5. The lowest BCUT2D eigenvalue weighted by Gasteiger charge is -2.35. The van der Waals surface area contributed by atoms with Crippen LogP contribution in [-0.2, 0) is 4.74 Å². The Morgan fingerprint density at radius 3 is 3.17 bits per heavy atom. The van der Waals surface area contributed by atoms with Crippen molar-refractivity contribution < 1.29 is 4.74 Å². The lowest BCUT2D eigenvalue weighted by atomic mass is 10.1. The van der Waals surface area contributed by atoms with Crippen molar-refractivity contribution in [2.45, 2.75) is 19.1 Å². The Hall–Kier alpha value is -1.17. The number of rotatable bonds is 2. The average molecular weight is 263 g/mol. The summed E-state index contributed by atoms with van der Waals surface area (Å²) in [5, 5.41) is 2.47. The minimum absolute atomic E-state index is 0.0620. The summed E-state index contributed by atoms with van der Waals surface area (Å²) in [6.07, 6.45) is 0.111. The summed E-state index contributed by atoms with van der Waals surface area (Å²) in [7, 11) is 0. The molecule has 2 N–H and O–H groups in total. The van der Waals surface area contributed by atoms with E-state index in [1.165, 1.54) is 10.4 Å². The lowest BCUT2D eigenvalue weighted by Crippen LogP contribution is -2.49. The molecule has 1 aliphatic rings. The number of nitrogens with two attached hydrogens (primary N) is 1. The van der Waals surface area contributed by atoms with Gasteiger partial charge in [-0.3, -0.25) is 0 Å². The summed E-state index contributed by atoms with van der Waals surface area (Å²) in [5.74, 6) is 0. The fourth-order valence-corrected chi connectivity index (χ4v) is 3.18. The summed E-state index contributed by atoms with van der Waals surface area (Å²) >= 11 is 1.56. The molecular weight excluding hydrogens is 246 g/mol. The van der Waals surface area contributed by atoms with Crippen LogP contribution in [0.4, 0.5) is 5.00 Å². The number of nitrogens with zero attached hydrogens (tertiary/aromatic N) is 2. The van der Waals surface area contributed by atoms with Crippen molar-refractivity contribution in [3.05, 3.63) is 24.3 Å². The molecule has 2 heterocycles. The first-order valence-electron chi connectivity index (χ1n) is 6.22. The number of fused-ring (bicyclic) bond motifs is 1. The van der Waals surface area contributed by atoms with Gasteiger partial charge in [-0.1, -0.05) is 12.1 Å². The molecule has 2 aromatic rings. The molecule has 1 saturated heterocycles. The maximum absolute atomic E-state index is 5.93. The van der Waals surface area contributed by atoms with Gasteiger partial charge >= 0.3 is 0 Å². The number of ether oxygens (including phenoxy) is 1. The van der Waals surface area contributed by atoms with Crippen LogP contribution in [0.1, 0.15) is 6.92 Å². The second-order valence-corrected chi connectivity index (χ2v) is 5.47. The molecule has 1 aliphatic heterocycles. The van der Waals surface area contributed by atoms with Gasteiger partial charge in [-0.2, -0.15) is 4.37 Å². The van der Waals surface area contributed by atoms with Crippen molar-refractivity contribution in [1.29, 1.82) is 0 Å². The molecule has 2 atom stereocenters. The zero-order chi connectivity index (χ0) is 12.5. The van der Waals surface area contributed by atoms with E-state index in [1.54, 1.807) is 11.5 Å². The summed E-state index contributed by atoms with van der Waals surface area (Å²) in [5.41, 5.74) is 7.00. The molecule has 96 valence electrons. The van der Waals surface area contributed by atoms with Crippen molar-refractivity contribution in [3.63, 3.8) is 0 Å². The van der Waals surface area contributed by atoms with Gasteiger partial charge in [0.25, 0.3) is 0 Å². The highest BCUT2D eigenvalue weighted by Gasteiger charge is 2.25. The Labute approximate surface area is 111 Å². The molecule has 0 radical (unpaired) electrons. The third kappa shape index (κ3) is 2.09. The number of anilines is 1. The van der Waals surface area contributed by atoms with Crippen LogP contribution in [0.5, 0.6) is 0 Å². The summed E-state index contributed by atoms with van der Waals surface area (Å²) in [6.45, 7) is 4.50. The Bertz CT molecular complexity index is 540. The zero-order valence-corrected chi connectivity index (χ0v) is 11.2. The second kappa shape index (κ2) is 4.84. The Morgan fingerprint density at radius 2 is 2.33 bits per heavy atom. The molecule has 0 saturated carbocycles. The van der Waals surface area contributed by atoms with Gasteiger partial charge in [0.1, 0.15) is 5.00 Å². The number of hydrogen-bond donors (Lipinski definition) is 1. The van der Waals surface area contributed by atoms with Crippen LogP contribution in [0, 0.1) is 0 Å². The first-order valence-corrected chi connectivity index (χ1v) is 6.99. The molecule has 1 fully saturated rings. The van der Waals surface area contributed by atoms with Crippen LogP contribution >= 0.6 is 11.5 Å². The third-order valence-corrected chi connectivity index (χ3v) is 4.27. The van der Waals surface area contributed by atoms with Gasteiger partial charge in [-0.25, -0.2) is 0 Å². The topological polar surface area (TPSA) is 51.4 Å². The van der Waals surface area contributed by atoms with Gasteiger partial charge in [0.05, 0.1) is 18.2 Å². The predicted octanol–water partition coefficient (Wildman–Crippen LogP) is 1.85. The van der Waals surface area contributed by atoms with E-state index in [9.17, 15) is 0 Å². The monoisotopic (exact) mass is 263 g/mol.